The number of urea groups is 1. The Labute approximate surface area is 137 Å². The van der Waals surface area contributed by atoms with E-state index in [1.165, 1.54) is 24.3 Å². The fourth-order valence-corrected chi connectivity index (χ4v) is 2.78. The molecule has 1 fully saturated rings. The molecule has 7 nitrogen and oxygen atoms in total. The molecule has 1 aromatic carbocycles. The van der Waals surface area contributed by atoms with E-state index in [0.29, 0.717) is 24.2 Å². The number of hydrogen-bond donors (Lipinski definition) is 1. The molecular formula is C16H17FN4O3. The van der Waals surface area contributed by atoms with Gasteiger partial charge in [-0.05, 0) is 24.1 Å². The summed E-state index contributed by atoms with van der Waals surface area (Å²) in [7, 11) is 0. The van der Waals surface area contributed by atoms with Crippen molar-refractivity contribution in [2.75, 3.05) is 0 Å². The van der Waals surface area contributed by atoms with Gasteiger partial charge in [0.25, 0.3) is 5.91 Å². The molecule has 0 radical (unpaired) electrons. The van der Waals surface area contributed by atoms with Crippen LogP contribution in [0.1, 0.15) is 37.5 Å². The predicted octanol–water partition coefficient (Wildman–Crippen LogP) is 2.13. The lowest BCUT2D eigenvalue weighted by Crippen LogP contribution is -2.43. The van der Waals surface area contributed by atoms with Crippen LogP contribution >= 0.6 is 0 Å². The fraction of sp³-hybridized carbons (Fsp3) is 0.375. The summed E-state index contributed by atoms with van der Waals surface area (Å²) in [6, 6.07) is 4.99. The van der Waals surface area contributed by atoms with Crippen LogP contribution in [-0.2, 0) is 23.3 Å². The topological polar surface area (TPSA) is 88.3 Å². The van der Waals surface area contributed by atoms with Gasteiger partial charge in [0.1, 0.15) is 17.9 Å². The van der Waals surface area contributed by atoms with Gasteiger partial charge in [-0.1, -0.05) is 31.1 Å². The Kier molecular flexibility index (Phi) is 4.04. The number of benzene rings is 1. The van der Waals surface area contributed by atoms with E-state index in [4.69, 9.17) is 4.52 Å². The molecule has 0 unspecified atom stereocenters. The van der Waals surface area contributed by atoms with Crippen LogP contribution < -0.4 is 5.32 Å². The number of nitrogens with zero attached hydrogens (tertiary/aromatic N) is 3. The number of hydrogen-bond acceptors (Lipinski definition) is 5. The first-order valence-electron chi connectivity index (χ1n) is 7.71. The van der Waals surface area contributed by atoms with Crippen molar-refractivity contribution in [2.45, 2.75) is 38.8 Å². The summed E-state index contributed by atoms with van der Waals surface area (Å²) >= 11 is 0. The normalized spacial score (nSPS) is 20.5. The van der Waals surface area contributed by atoms with Crippen LogP contribution in [0.15, 0.2) is 28.8 Å². The van der Waals surface area contributed by atoms with Crippen molar-refractivity contribution in [3.63, 3.8) is 0 Å². The molecule has 24 heavy (non-hydrogen) atoms. The van der Waals surface area contributed by atoms with Crippen molar-refractivity contribution in [2.24, 2.45) is 0 Å². The highest BCUT2D eigenvalue weighted by molar-refractivity contribution is 6.07. The number of aromatic nitrogens is 2. The number of carbonyl (C=O) groups excluding carboxylic acids is 2. The summed E-state index contributed by atoms with van der Waals surface area (Å²) in [5.74, 6) is -0.117. The maximum Gasteiger partial charge on any atom is 0.325 e. The third kappa shape index (κ3) is 2.53. The van der Waals surface area contributed by atoms with Crippen LogP contribution in [0.5, 0.6) is 0 Å². The van der Waals surface area contributed by atoms with Crippen molar-refractivity contribution in [3.05, 3.63) is 47.4 Å². The fourth-order valence-electron chi connectivity index (χ4n) is 2.78. The first kappa shape index (κ1) is 16.1. The van der Waals surface area contributed by atoms with Gasteiger partial charge in [-0.15, -0.1) is 0 Å². The molecule has 2 aromatic rings. The number of aryl methyl sites for hydroxylation is 1. The van der Waals surface area contributed by atoms with Crippen LogP contribution in [-0.4, -0.2) is 27.0 Å². The molecule has 1 aliphatic rings. The van der Waals surface area contributed by atoms with Crippen molar-refractivity contribution in [3.8, 4) is 0 Å². The van der Waals surface area contributed by atoms with E-state index in [9.17, 15) is 14.0 Å². The lowest BCUT2D eigenvalue weighted by Gasteiger charge is -2.25. The number of carbonyl (C=O) groups is 2. The molecule has 8 heteroatoms. The minimum absolute atomic E-state index is 0.0966. The van der Waals surface area contributed by atoms with Crippen LogP contribution in [0.2, 0.25) is 0 Å². The zero-order valence-electron chi connectivity index (χ0n) is 13.4. The maximum atomic E-state index is 13.2. The molecule has 1 saturated heterocycles. The van der Waals surface area contributed by atoms with Crippen molar-refractivity contribution < 1.29 is 18.5 Å². The molecule has 0 bridgehead atoms. The van der Waals surface area contributed by atoms with Gasteiger partial charge in [-0.25, -0.2) is 9.18 Å². The van der Waals surface area contributed by atoms with Crippen LogP contribution in [0.3, 0.4) is 0 Å². The summed E-state index contributed by atoms with van der Waals surface area (Å²) in [6.45, 7) is 3.56. The zero-order valence-corrected chi connectivity index (χ0v) is 13.4. The quantitative estimate of drug-likeness (QED) is 0.847. The molecule has 1 N–H and O–H groups in total. The summed E-state index contributed by atoms with van der Waals surface area (Å²) in [6.07, 6.45) is 0.932. The molecule has 1 atom stereocenters. The van der Waals surface area contributed by atoms with Gasteiger partial charge in [0.15, 0.2) is 5.82 Å². The van der Waals surface area contributed by atoms with E-state index in [1.54, 1.807) is 6.92 Å². The number of rotatable bonds is 5. The maximum absolute atomic E-state index is 13.2. The molecule has 0 saturated carbocycles. The van der Waals surface area contributed by atoms with Gasteiger partial charge in [-0.3, -0.25) is 9.69 Å². The predicted molar refractivity (Wildman–Crippen MR) is 81.1 cm³/mol. The lowest BCUT2D eigenvalue weighted by atomic mass is 9.87. The Morgan fingerprint density at radius 3 is 2.54 bits per heavy atom. The molecule has 1 aliphatic heterocycles. The first-order chi connectivity index (χ1) is 11.5. The zero-order chi connectivity index (χ0) is 17.3. The van der Waals surface area contributed by atoms with Gasteiger partial charge < -0.3 is 9.84 Å². The Balaban J connectivity index is 1.90. The van der Waals surface area contributed by atoms with Crippen LogP contribution in [0.25, 0.3) is 0 Å². The average Bonchev–Trinajstić information content (AvgIpc) is 3.14. The van der Waals surface area contributed by atoms with E-state index in [2.05, 4.69) is 15.5 Å². The third-order valence-corrected chi connectivity index (χ3v) is 4.16. The van der Waals surface area contributed by atoms with E-state index in [0.717, 1.165) is 4.90 Å². The molecule has 126 valence electrons. The molecule has 0 aliphatic carbocycles. The van der Waals surface area contributed by atoms with E-state index in [-0.39, 0.29) is 12.4 Å². The first-order valence-corrected chi connectivity index (χ1v) is 7.71. The summed E-state index contributed by atoms with van der Waals surface area (Å²) in [4.78, 5) is 30.4. The summed E-state index contributed by atoms with van der Waals surface area (Å²) in [5, 5.41) is 6.47. The van der Waals surface area contributed by atoms with Gasteiger partial charge >= 0.3 is 6.03 Å². The van der Waals surface area contributed by atoms with Crippen LogP contribution in [0.4, 0.5) is 9.18 Å². The largest absolute Gasteiger partial charge is 0.337 e. The standard InChI is InChI=1S/C16H17FN4O3/c1-3-12-18-13(24-20-12)9-21-14(22)16(4-2,19-15(21)23)10-5-7-11(17)8-6-10/h5-8H,3-4,9H2,1-2H3,(H,19,23)/t16-/m1/s1. The highest BCUT2D eigenvalue weighted by Crippen LogP contribution is 2.33. The van der Waals surface area contributed by atoms with Crippen molar-refractivity contribution >= 4 is 11.9 Å². The Morgan fingerprint density at radius 2 is 1.96 bits per heavy atom. The molecule has 0 spiro atoms. The van der Waals surface area contributed by atoms with Gasteiger partial charge in [-0.2, -0.15) is 4.98 Å². The Hall–Kier alpha value is -2.77. The van der Waals surface area contributed by atoms with E-state index < -0.39 is 23.3 Å². The summed E-state index contributed by atoms with van der Waals surface area (Å²) in [5.41, 5.74) is -0.676. The smallest absolute Gasteiger partial charge is 0.325 e. The molecule has 3 rings (SSSR count). The van der Waals surface area contributed by atoms with Gasteiger partial charge in [0, 0.05) is 6.42 Å². The average molecular weight is 332 g/mol. The minimum Gasteiger partial charge on any atom is -0.337 e. The van der Waals surface area contributed by atoms with Crippen molar-refractivity contribution in [1.29, 1.82) is 0 Å². The second-order valence-corrected chi connectivity index (χ2v) is 5.55. The second kappa shape index (κ2) is 6.03. The number of nitrogens with one attached hydrogen (secondary N) is 1. The molecular weight excluding hydrogens is 315 g/mol. The van der Waals surface area contributed by atoms with Crippen molar-refractivity contribution in [1.82, 2.24) is 20.4 Å². The van der Waals surface area contributed by atoms with Gasteiger partial charge in [0.2, 0.25) is 5.89 Å². The highest BCUT2D eigenvalue weighted by Gasteiger charge is 2.51. The molecule has 2 heterocycles. The number of halogens is 1. The summed E-state index contributed by atoms with van der Waals surface area (Å²) < 4.78 is 18.2. The monoisotopic (exact) mass is 332 g/mol. The second-order valence-electron chi connectivity index (χ2n) is 5.55. The van der Waals surface area contributed by atoms with E-state index >= 15 is 0 Å². The molecule has 1 aromatic heterocycles. The van der Waals surface area contributed by atoms with E-state index in [1.807, 2.05) is 6.92 Å². The number of amides is 3. The minimum atomic E-state index is -1.21. The van der Waals surface area contributed by atoms with Crippen LogP contribution in [0, 0.1) is 5.82 Å². The molecule has 3 amide bonds. The Bertz CT molecular complexity index is 774. The third-order valence-electron chi connectivity index (χ3n) is 4.16. The number of imide groups is 1. The Morgan fingerprint density at radius 1 is 1.25 bits per heavy atom. The lowest BCUT2D eigenvalue weighted by molar-refractivity contribution is -0.132. The highest BCUT2D eigenvalue weighted by atomic mass is 19.1. The van der Waals surface area contributed by atoms with Gasteiger partial charge in [0.05, 0.1) is 0 Å². The SMILES string of the molecule is CCc1noc(CN2C(=O)N[C@](CC)(c3ccc(F)cc3)C2=O)n1.